The lowest BCUT2D eigenvalue weighted by molar-refractivity contribution is 0.101. The summed E-state index contributed by atoms with van der Waals surface area (Å²) >= 11 is 0. The summed E-state index contributed by atoms with van der Waals surface area (Å²) in [7, 11) is 0. The summed E-state index contributed by atoms with van der Waals surface area (Å²) in [6, 6.07) is 5.68. The summed E-state index contributed by atoms with van der Waals surface area (Å²) < 4.78 is 5.52. The smallest absolute Gasteiger partial charge is 0.160 e. The van der Waals surface area contributed by atoms with Crippen LogP contribution in [0.15, 0.2) is 18.2 Å². The molecule has 0 unspecified atom stereocenters. The van der Waals surface area contributed by atoms with Gasteiger partial charge in [-0.2, -0.15) is 0 Å². The minimum absolute atomic E-state index is 0.119. The molecule has 0 saturated carbocycles. The Bertz CT molecular complexity index is 342. The number of Topliss-reactive ketones (excluding diaryl/α,β-unsaturated/α-hetero) is 1. The molecule has 0 aromatic heterocycles. The zero-order valence-corrected chi connectivity index (χ0v) is 9.67. The Morgan fingerprint density at radius 3 is 2.60 bits per heavy atom. The highest BCUT2D eigenvalue weighted by molar-refractivity contribution is 5.95. The zero-order valence-electron chi connectivity index (χ0n) is 9.67. The average molecular weight is 206 g/mol. The summed E-state index contributed by atoms with van der Waals surface area (Å²) in [5, 5.41) is 0. The number of hydrogen-bond donors (Lipinski definition) is 0. The van der Waals surface area contributed by atoms with Gasteiger partial charge in [0.1, 0.15) is 5.75 Å². The number of aryl methyl sites for hydroxylation is 1. The number of rotatable bonds is 5. The van der Waals surface area contributed by atoms with Crippen LogP contribution in [-0.4, -0.2) is 12.4 Å². The second-order valence-electron chi connectivity index (χ2n) is 3.58. The van der Waals surface area contributed by atoms with Gasteiger partial charge in [-0.3, -0.25) is 4.79 Å². The SMILES string of the molecule is CCCOc1ccc(C(C)=O)c(CC)c1. The van der Waals surface area contributed by atoms with Crippen molar-refractivity contribution in [1.29, 1.82) is 0 Å². The molecule has 0 radical (unpaired) electrons. The summed E-state index contributed by atoms with van der Waals surface area (Å²) in [6.45, 7) is 6.44. The molecule has 0 heterocycles. The third-order valence-corrected chi connectivity index (χ3v) is 2.31. The number of ether oxygens (including phenoxy) is 1. The first-order valence-electron chi connectivity index (χ1n) is 5.45. The van der Waals surface area contributed by atoms with E-state index in [2.05, 4.69) is 6.92 Å². The summed E-state index contributed by atoms with van der Waals surface area (Å²) in [6.07, 6.45) is 1.86. The first-order valence-corrected chi connectivity index (χ1v) is 5.45. The van der Waals surface area contributed by atoms with Crippen LogP contribution in [0.2, 0.25) is 0 Å². The first-order chi connectivity index (χ1) is 7.19. The van der Waals surface area contributed by atoms with Crippen LogP contribution in [0.4, 0.5) is 0 Å². The lowest BCUT2D eigenvalue weighted by Gasteiger charge is -2.09. The van der Waals surface area contributed by atoms with Crippen molar-refractivity contribution in [3.63, 3.8) is 0 Å². The summed E-state index contributed by atoms with van der Waals surface area (Å²) in [4.78, 5) is 11.3. The number of benzene rings is 1. The molecule has 15 heavy (non-hydrogen) atoms. The van der Waals surface area contributed by atoms with Gasteiger partial charge in [0.05, 0.1) is 6.61 Å². The van der Waals surface area contributed by atoms with Gasteiger partial charge in [-0.05, 0) is 43.5 Å². The monoisotopic (exact) mass is 206 g/mol. The van der Waals surface area contributed by atoms with E-state index in [4.69, 9.17) is 4.74 Å². The van der Waals surface area contributed by atoms with Gasteiger partial charge >= 0.3 is 0 Å². The Labute approximate surface area is 91.3 Å². The van der Waals surface area contributed by atoms with Crippen molar-refractivity contribution in [2.75, 3.05) is 6.61 Å². The molecule has 0 fully saturated rings. The van der Waals surface area contributed by atoms with Crippen LogP contribution in [0.25, 0.3) is 0 Å². The highest BCUT2D eigenvalue weighted by Crippen LogP contribution is 2.19. The van der Waals surface area contributed by atoms with Crippen molar-refractivity contribution in [1.82, 2.24) is 0 Å². The van der Waals surface area contributed by atoms with Gasteiger partial charge in [-0.25, -0.2) is 0 Å². The van der Waals surface area contributed by atoms with E-state index in [0.29, 0.717) is 0 Å². The van der Waals surface area contributed by atoms with Gasteiger partial charge in [0.15, 0.2) is 5.78 Å². The molecule has 1 aromatic rings. The molecule has 1 rings (SSSR count). The first kappa shape index (κ1) is 11.8. The summed E-state index contributed by atoms with van der Waals surface area (Å²) in [5.41, 5.74) is 1.87. The van der Waals surface area contributed by atoms with Crippen molar-refractivity contribution in [2.24, 2.45) is 0 Å². The normalized spacial score (nSPS) is 10.1. The van der Waals surface area contributed by atoms with Gasteiger partial charge in [-0.1, -0.05) is 13.8 Å². The van der Waals surface area contributed by atoms with E-state index in [0.717, 1.165) is 36.3 Å². The van der Waals surface area contributed by atoms with E-state index < -0.39 is 0 Å². The zero-order chi connectivity index (χ0) is 11.3. The van der Waals surface area contributed by atoms with E-state index >= 15 is 0 Å². The maximum atomic E-state index is 11.3. The third-order valence-electron chi connectivity index (χ3n) is 2.31. The molecule has 2 nitrogen and oxygen atoms in total. The molecule has 0 aliphatic carbocycles. The van der Waals surface area contributed by atoms with Gasteiger partial charge in [0.2, 0.25) is 0 Å². The number of ketones is 1. The Morgan fingerprint density at radius 2 is 2.07 bits per heavy atom. The van der Waals surface area contributed by atoms with Gasteiger partial charge < -0.3 is 4.74 Å². The van der Waals surface area contributed by atoms with Crippen LogP contribution >= 0.6 is 0 Å². The molecule has 0 spiro atoms. The molecular weight excluding hydrogens is 188 g/mol. The van der Waals surface area contributed by atoms with E-state index in [9.17, 15) is 4.79 Å². The van der Waals surface area contributed by atoms with Crippen molar-refractivity contribution < 1.29 is 9.53 Å². The van der Waals surface area contributed by atoms with Crippen molar-refractivity contribution in [2.45, 2.75) is 33.6 Å². The lowest BCUT2D eigenvalue weighted by Crippen LogP contribution is -2.01. The predicted octanol–water partition coefficient (Wildman–Crippen LogP) is 3.24. The maximum absolute atomic E-state index is 11.3. The molecule has 0 bridgehead atoms. The molecule has 0 N–H and O–H groups in total. The van der Waals surface area contributed by atoms with Crippen molar-refractivity contribution in [3.05, 3.63) is 29.3 Å². The lowest BCUT2D eigenvalue weighted by atomic mass is 10.0. The minimum Gasteiger partial charge on any atom is -0.494 e. The van der Waals surface area contributed by atoms with Crippen LogP contribution in [0.1, 0.15) is 43.1 Å². The second-order valence-corrected chi connectivity index (χ2v) is 3.58. The standard InChI is InChI=1S/C13H18O2/c1-4-8-15-12-6-7-13(10(3)14)11(5-2)9-12/h6-7,9H,4-5,8H2,1-3H3. The number of carbonyl (C=O) groups is 1. The molecule has 2 heteroatoms. The fourth-order valence-electron chi connectivity index (χ4n) is 1.52. The van der Waals surface area contributed by atoms with Crippen LogP contribution in [0.5, 0.6) is 5.75 Å². The predicted molar refractivity (Wildman–Crippen MR) is 61.6 cm³/mol. The minimum atomic E-state index is 0.119. The van der Waals surface area contributed by atoms with Crippen LogP contribution in [0, 0.1) is 0 Å². The fourth-order valence-corrected chi connectivity index (χ4v) is 1.52. The van der Waals surface area contributed by atoms with Crippen LogP contribution < -0.4 is 4.74 Å². The molecular formula is C13H18O2. The highest BCUT2D eigenvalue weighted by Gasteiger charge is 2.06. The second kappa shape index (κ2) is 5.54. The largest absolute Gasteiger partial charge is 0.494 e. The Morgan fingerprint density at radius 1 is 1.33 bits per heavy atom. The quantitative estimate of drug-likeness (QED) is 0.691. The number of hydrogen-bond acceptors (Lipinski definition) is 2. The Balaban J connectivity index is 2.92. The van der Waals surface area contributed by atoms with Gasteiger partial charge in [0.25, 0.3) is 0 Å². The van der Waals surface area contributed by atoms with E-state index in [1.54, 1.807) is 6.92 Å². The molecule has 1 aromatic carbocycles. The Hall–Kier alpha value is -1.31. The summed E-state index contributed by atoms with van der Waals surface area (Å²) in [5.74, 6) is 0.979. The maximum Gasteiger partial charge on any atom is 0.160 e. The average Bonchev–Trinajstić information content (AvgIpc) is 2.25. The molecule has 0 amide bonds. The molecule has 0 atom stereocenters. The van der Waals surface area contributed by atoms with E-state index in [1.165, 1.54) is 0 Å². The molecule has 0 saturated heterocycles. The van der Waals surface area contributed by atoms with Crippen LogP contribution in [0.3, 0.4) is 0 Å². The third kappa shape index (κ3) is 3.08. The van der Waals surface area contributed by atoms with Gasteiger partial charge in [0, 0.05) is 5.56 Å². The molecule has 0 aliphatic rings. The highest BCUT2D eigenvalue weighted by atomic mass is 16.5. The van der Waals surface area contributed by atoms with Crippen molar-refractivity contribution in [3.8, 4) is 5.75 Å². The van der Waals surface area contributed by atoms with E-state index in [1.807, 2.05) is 25.1 Å². The fraction of sp³-hybridized carbons (Fsp3) is 0.462. The Kier molecular flexibility index (Phi) is 4.35. The number of carbonyl (C=O) groups excluding carboxylic acids is 1. The van der Waals surface area contributed by atoms with E-state index in [-0.39, 0.29) is 5.78 Å². The molecule has 82 valence electrons. The van der Waals surface area contributed by atoms with Crippen molar-refractivity contribution >= 4 is 5.78 Å². The molecule has 0 aliphatic heterocycles. The van der Waals surface area contributed by atoms with Gasteiger partial charge in [-0.15, -0.1) is 0 Å². The van der Waals surface area contributed by atoms with Crippen LogP contribution in [-0.2, 0) is 6.42 Å². The topological polar surface area (TPSA) is 26.3 Å².